The van der Waals surface area contributed by atoms with Crippen molar-refractivity contribution >= 4 is 5.97 Å². The third-order valence-electron chi connectivity index (χ3n) is 2.43. The molecular weight excluding hydrogens is 222 g/mol. The Labute approximate surface area is 98.7 Å². The first-order valence-corrected chi connectivity index (χ1v) is 5.33. The zero-order valence-electron chi connectivity index (χ0n) is 9.64. The lowest BCUT2D eigenvalue weighted by Gasteiger charge is -2.20. The van der Waals surface area contributed by atoms with Crippen LogP contribution in [-0.2, 0) is 9.53 Å². The molecule has 1 aliphatic rings. The average Bonchev–Trinajstić information content (AvgIpc) is 2.29. The second-order valence-electron chi connectivity index (χ2n) is 3.66. The molecule has 0 unspecified atom stereocenters. The van der Waals surface area contributed by atoms with E-state index >= 15 is 0 Å². The van der Waals surface area contributed by atoms with Gasteiger partial charge >= 0.3 is 5.97 Å². The molecule has 0 amide bonds. The van der Waals surface area contributed by atoms with Crippen LogP contribution in [0.4, 0.5) is 0 Å². The summed E-state index contributed by atoms with van der Waals surface area (Å²) in [5, 5.41) is 10.0. The van der Waals surface area contributed by atoms with Crippen LogP contribution in [0.3, 0.4) is 0 Å². The van der Waals surface area contributed by atoms with Crippen molar-refractivity contribution in [2.24, 2.45) is 0 Å². The number of aliphatic hydroxyl groups excluding tert-OH is 1. The normalized spacial score (nSPS) is 17.8. The van der Waals surface area contributed by atoms with Gasteiger partial charge < -0.3 is 14.6 Å². The summed E-state index contributed by atoms with van der Waals surface area (Å²) in [6.07, 6.45) is 0.142. The van der Waals surface area contributed by atoms with E-state index in [-0.39, 0.29) is 12.2 Å². The lowest BCUT2D eigenvalue weighted by atomic mass is 10.0. The third-order valence-corrected chi connectivity index (χ3v) is 2.43. The minimum absolute atomic E-state index is 0.0880. The zero-order valence-corrected chi connectivity index (χ0v) is 9.64. The molecular formula is C12H13NO4. The van der Waals surface area contributed by atoms with Gasteiger partial charge in [-0.3, -0.25) is 0 Å². The van der Waals surface area contributed by atoms with E-state index in [1.807, 2.05) is 6.92 Å². The summed E-state index contributed by atoms with van der Waals surface area (Å²) < 4.78 is 10.0. The summed E-state index contributed by atoms with van der Waals surface area (Å²) in [6, 6.07) is 3.44. The van der Waals surface area contributed by atoms with Gasteiger partial charge in [-0.1, -0.05) is 0 Å². The van der Waals surface area contributed by atoms with Crippen molar-refractivity contribution in [3.05, 3.63) is 35.2 Å². The average molecular weight is 235 g/mol. The molecule has 0 saturated carbocycles. The molecule has 90 valence electrons. The molecule has 1 atom stereocenters. The molecule has 5 nitrogen and oxygen atoms in total. The number of aliphatic hydroxyl groups is 1. The van der Waals surface area contributed by atoms with Crippen LogP contribution >= 0.6 is 0 Å². The van der Waals surface area contributed by atoms with Crippen molar-refractivity contribution in [2.75, 3.05) is 6.61 Å². The highest BCUT2D eigenvalue weighted by Crippen LogP contribution is 2.33. The van der Waals surface area contributed by atoms with Crippen LogP contribution in [-0.4, -0.2) is 22.7 Å². The number of hydrogen-bond donors (Lipinski definition) is 1. The van der Waals surface area contributed by atoms with Gasteiger partial charge in [-0.05, 0) is 26.0 Å². The molecule has 2 heterocycles. The highest BCUT2D eigenvalue weighted by Gasteiger charge is 2.29. The van der Waals surface area contributed by atoms with Crippen LogP contribution in [0.15, 0.2) is 24.0 Å². The maximum Gasteiger partial charge on any atom is 0.340 e. The first-order chi connectivity index (χ1) is 8.13. The highest BCUT2D eigenvalue weighted by molar-refractivity contribution is 5.90. The number of nitrogens with zero attached hydrogens (tertiary/aromatic N) is 1. The number of carbonyl (C=O) groups is 1. The maximum atomic E-state index is 11.5. The van der Waals surface area contributed by atoms with Crippen molar-refractivity contribution in [1.29, 1.82) is 0 Å². The summed E-state index contributed by atoms with van der Waals surface area (Å²) >= 11 is 0. The van der Waals surface area contributed by atoms with E-state index in [2.05, 4.69) is 4.98 Å². The maximum absolute atomic E-state index is 11.5. The van der Waals surface area contributed by atoms with E-state index in [9.17, 15) is 9.90 Å². The molecule has 1 N–H and O–H groups in total. The van der Waals surface area contributed by atoms with Gasteiger partial charge in [0.25, 0.3) is 0 Å². The number of aromatic nitrogens is 1. The van der Waals surface area contributed by atoms with E-state index in [0.717, 1.165) is 5.69 Å². The van der Waals surface area contributed by atoms with Crippen molar-refractivity contribution in [2.45, 2.75) is 20.0 Å². The van der Waals surface area contributed by atoms with Gasteiger partial charge in [0, 0.05) is 11.3 Å². The van der Waals surface area contributed by atoms with Crippen LogP contribution in [0, 0.1) is 6.92 Å². The summed E-state index contributed by atoms with van der Waals surface area (Å²) in [5.74, 6) is -0.253. The molecule has 0 saturated heterocycles. The number of aryl methyl sites for hydroxylation is 1. The minimum atomic E-state index is -1.05. The molecule has 0 fully saturated rings. The summed E-state index contributed by atoms with van der Waals surface area (Å²) in [5.41, 5.74) is 1.34. The lowest BCUT2D eigenvalue weighted by molar-refractivity contribution is -0.140. The summed E-state index contributed by atoms with van der Waals surface area (Å²) in [7, 11) is 0. The molecule has 1 aromatic rings. The molecule has 1 aliphatic heterocycles. The molecule has 0 aromatic carbocycles. The second-order valence-corrected chi connectivity index (χ2v) is 3.66. The number of fused-ring (bicyclic) bond motifs is 1. The Hall–Kier alpha value is -1.88. The van der Waals surface area contributed by atoms with E-state index < -0.39 is 12.1 Å². The van der Waals surface area contributed by atoms with Crippen molar-refractivity contribution in [3.8, 4) is 5.88 Å². The van der Waals surface area contributed by atoms with Crippen molar-refractivity contribution < 1.29 is 19.4 Å². The Balaban J connectivity index is 2.30. The zero-order chi connectivity index (χ0) is 12.4. The highest BCUT2D eigenvalue weighted by atomic mass is 16.5. The second kappa shape index (κ2) is 4.55. The third kappa shape index (κ3) is 2.14. The van der Waals surface area contributed by atoms with Crippen molar-refractivity contribution in [1.82, 2.24) is 4.98 Å². The van der Waals surface area contributed by atoms with Gasteiger partial charge in [0.1, 0.15) is 17.9 Å². The molecule has 5 heteroatoms. The van der Waals surface area contributed by atoms with Gasteiger partial charge in [0.2, 0.25) is 5.88 Å². The SMILES string of the molecule is CCOC(=O)C1=COc2nc(C)ccc2[C@@H]1O. The van der Waals surface area contributed by atoms with E-state index in [1.54, 1.807) is 19.1 Å². The van der Waals surface area contributed by atoms with Crippen LogP contribution < -0.4 is 4.74 Å². The fraction of sp³-hybridized carbons (Fsp3) is 0.333. The van der Waals surface area contributed by atoms with Crippen molar-refractivity contribution in [3.63, 3.8) is 0 Å². The molecule has 0 bridgehead atoms. The molecule has 2 rings (SSSR count). The van der Waals surface area contributed by atoms with Gasteiger partial charge in [-0.2, -0.15) is 0 Å². The number of esters is 1. The van der Waals surface area contributed by atoms with Crippen LogP contribution in [0.5, 0.6) is 5.88 Å². The van der Waals surface area contributed by atoms with Gasteiger partial charge in [-0.25, -0.2) is 9.78 Å². The van der Waals surface area contributed by atoms with Crippen LogP contribution in [0.1, 0.15) is 24.3 Å². The van der Waals surface area contributed by atoms with Crippen LogP contribution in [0.25, 0.3) is 0 Å². The number of ether oxygens (including phenoxy) is 2. The minimum Gasteiger partial charge on any atom is -0.462 e. The van der Waals surface area contributed by atoms with Gasteiger partial charge in [-0.15, -0.1) is 0 Å². The van der Waals surface area contributed by atoms with Crippen LogP contribution in [0.2, 0.25) is 0 Å². The quantitative estimate of drug-likeness (QED) is 0.781. The standard InChI is InChI=1S/C12H13NO4/c1-3-16-12(15)9-6-17-11-8(10(9)14)5-4-7(2)13-11/h4-6,10,14H,3H2,1-2H3/t10-/m0/s1. The molecule has 0 aliphatic carbocycles. The predicted octanol–water partition coefficient (Wildman–Crippen LogP) is 1.26. The number of carbonyl (C=O) groups excluding carboxylic acids is 1. The van der Waals surface area contributed by atoms with E-state index in [0.29, 0.717) is 11.4 Å². The number of rotatable bonds is 2. The number of hydrogen-bond acceptors (Lipinski definition) is 5. The smallest absolute Gasteiger partial charge is 0.340 e. The lowest BCUT2D eigenvalue weighted by Crippen LogP contribution is -2.19. The van der Waals surface area contributed by atoms with Gasteiger partial charge in [0.15, 0.2) is 0 Å². The Morgan fingerprint density at radius 2 is 2.35 bits per heavy atom. The first kappa shape index (κ1) is 11.6. The topological polar surface area (TPSA) is 68.7 Å². The van der Waals surface area contributed by atoms with E-state index in [1.165, 1.54) is 6.26 Å². The van der Waals surface area contributed by atoms with E-state index in [4.69, 9.17) is 9.47 Å². The monoisotopic (exact) mass is 235 g/mol. The predicted molar refractivity (Wildman–Crippen MR) is 59.3 cm³/mol. The Morgan fingerprint density at radius 1 is 1.59 bits per heavy atom. The molecule has 17 heavy (non-hydrogen) atoms. The molecule has 0 spiro atoms. The summed E-state index contributed by atoms with van der Waals surface area (Å²) in [6.45, 7) is 3.77. The fourth-order valence-electron chi connectivity index (χ4n) is 1.57. The Kier molecular flexibility index (Phi) is 3.10. The Bertz CT molecular complexity index is 481. The molecule has 0 radical (unpaired) electrons. The largest absolute Gasteiger partial charge is 0.462 e. The fourth-order valence-corrected chi connectivity index (χ4v) is 1.57. The van der Waals surface area contributed by atoms with Gasteiger partial charge in [0.05, 0.1) is 6.61 Å². The summed E-state index contributed by atoms with van der Waals surface area (Å²) in [4.78, 5) is 15.7. The molecule has 1 aromatic heterocycles. The first-order valence-electron chi connectivity index (χ1n) is 5.33. The Morgan fingerprint density at radius 3 is 3.06 bits per heavy atom. The number of pyridine rings is 1.